The second-order valence-corrected chi connectivity index (χ2v) is 4.99. The highest BCUT2D eigenvalue weighted by atomic mass is 35.5. The van der Waals surface area contributed by atoms with Gasteiger partial charge < -0.3 is 20.9 Å². The maximum Gasteiger partial charge on any atom is 0.126 e. The number of nitrogens with two attached hydrogens (primary N) is 1. The molecule has 0 saturated heterocycles. The van der Waals surface area contributed by atoms with Crippen LogP contribution in [0.15, 0.2) is 12.1 Å². The van der Waals surface area contributed by atoms with E-state index in [9.17, 15) is 5.11 Å². The lowest BCUT2D eigenvalue weighted by atomic mass is 10.1. The number of hydrogen-bond donors (Lipinski definition) is 3. The molecule has 1 atom stereocenters. The average Bonchev–Trinajstić information content (AvgIpc) is 2.43. The number of aliphatic hydroxyl groups excluding tert-OH is 1. The van der Waals surface area contributed by atoms with Gasteiger partial charge in [-0.05, 0) is 12.5 Å². The van der Waals surface area contributed by atoms with Crippen LogP contribution in [0.1, 0.15) is 31.7 Å². The molecule has 1 rings (SSSR count). The molecule has 5 heteroatoms. The number of ether oxygens (including phenoxy) is 1. The van der Waals surface area contributed by atoms with E-state index in [1.165, 1.54) is 0 Å². The summed E-state index contributed by atoms with van der Waals surface area (Å²) in [6.45, 7) is 2.72. The van der Waals surface area contributed by atoms with E-state index in [4.69, 9.17) is 22.1 Å². The van der Waals surface area contributed by atoms with Crippen LogP contribution in [-0.2, 0) is 6.61 Å². The number of unbranched alkanes of at least 4 members (excludes halogenated alkanes) is 1. The minimum atomic E-state index is -0.0980. The van der Waals surface area contributed by atoms with Crippen molar-refractivity contribution in [3.8, 4) is 5.75 Å². The summed E-state index contributed by atoms with van der Waals surface area (Å²) in [5, 5.41) is 13.0. The van der Waals surface area contributed by atoms with Crippen molar-refractivity contribution in [1.29, 1.82) is 0 Å². The summed E-state index contributed by atoms with van der Waals surface area (Å²) in [6.07, 6.45) is 3.27. The van der Waals surface area contributed by atoms with Gasteiger partial charge in [0, 0.05) is 24.2 Å². The first kappa shape index (κ1) is 16.1. The van der Waals surface area contributed by atoms with Gasteiger partial charge in [0.05, 0.1) is 24.4 Å². The van der Waals surface area contributed by atoms with E-state index in [1.54, 1.807) is 19.2 Å². The Balaban J connectivity index is 2.67. The Morgan fingerprint density at radius 2 is 2.21 bits per heavy atom. The van der Waals surface area contributed by atoms with Crippen molar-refractivity contribution in [3.05, 3.63) is 22.7 Å². The lowest BCUT2D eigenvalue weighted by molar-refractivity contribution is 0.274. The van der Waals surface area contributed by atoms with Crippen LogP contribution in [0.3, 0.4) is 0 Å². The van der Waals surface area contributed by atoms with Gasteiger partial charge in [-0.15, -0.1) is 0 Å². The van der Waals surface area contributed by atoms with E-state index in [1.807, 2.05) is 0 Å². The van der Waals surface area contributed by atoms with Crippen LogP contribution >= 0.6 is 11.6 Å². The van der Waals surface area contributed by atoms with Crippen molar-refractivity contribution in [1.82, 2.24) is 0 Å². The van der Waals surface area contributed by atoms with Gasteiger partial charge in [-0.2, -0.15) is 0 Å². The molecule has 108 valence electrons. The normalized spacial score (nSPS) is 12.3. The molecule has 0 aliphatic carbocycles. The van der Waals surface area contributed by atoms with Gasteiger partial charge in [0.15, 0.2) is 0 Å². The summed E-state index contributed by atoms with van der Waals surface area (Å²) < 4.78 is 5.21. The molecule has 0 aromatic heterocycles. The van der Waals surface area contributed by atoms with E-state index in [2.05, 4.69) is 12.2 Å². The van der Waals surface area contributed by atoms with E-state index in [-0.39, 0.29) is 12.6 Å². The topological polar surface area (TPSA) is 67.5 Å². The zero-order valence-electron chi connectivity index (χ0n) is 11.6. The summed E-state index contributed by atoms with van der Waals surface area (Å²) in [4.78, 5) is 0. The van der Waals surface area contributed by atoms with Gasteiger partial charge in [-0.25, -0.2) is 0 Å². The molecule has 4 nitrogen and oxygen atoms in total. The first-order chi connectivity index (χ1) is 9.12. The molecule has 4 N–H and O–H groups in total. The number of benzene rings is 1. The van der Waals surface area contributed by atoms with Crippen LogP contribution in [0.2, 0.25) is 5.02 Å². The fourth-order valence-electron chi connectivity index (χ4n) is 1.85. The minimum Gasteiger partial charge on any atom is -0.496 e. The van der Waals surface area contributed by atoms with Crippen LogP contribution in [0.5, 0.6) is 5.75 Å². The largest absolute Gasteiger partial charge is 0.496 e. The highest BCUT2D eigenvalue weighted by Crippen LogP contribution is 2.30. The molecule has 0 heterocycles. The number of nitrogens with one attached hydrogen (secondary N) is 1. The number of rotatable bonds is 8. The Labute approximate surface area is 119 Å². The first-order valence-electron chi connectivity index (χ1n) is 6.59. The van der Waals surface area contributed by atoms with E-state index < -0.39 is 0 Å². The Hall–Kier alpha value is -0.970. The van der Waals surface area contributed by atoms with E-state index in [0.29, 0.717) is 22.9 Å². The van der Waals surface area contributed by atoms with Crippen LogP contribution in [0.4, 0.5) is 5.69 Å². The van der Waals surface area contributed by atoms with Gasteiger partial charge in [-0.1, -0.05) is 31.4 Å². The second-order valence-electron chi connectivity index (χ2n) is 4.59. The molecule has 0 aliphatic rings. The predicted molar refractivity (Wildman–Crippen MR) is 79.9 cm³/mol. The number of anilines is 1. The zero-order chi connectivity index (χ0) is 14.3. The molecule has 0 aliphatic heterocycles. The summed E-state index contributed by atoms with van der Waals surface area (Å²) in [7, 11) is 1.57. The Bertz CT molecular complexity index is 399. The van der Waals surface area contributed by atoms with Gasteiger partial charge in [-0.3, -0.25) is 0 Å². The molecule has 0 spiro atoms. The molecule has 1 unspecified atom stereocenters. The van der Waals surface area contributed by atoms with Crippen molar-refractivity contribution in [3.63, 3.8) is 0 Å². The standard InChI is InChI=1S/C14H23ClN2O2/c1-3-4-5-11(16)8-17-13-7-14(19-2)10(9-18)6-12(13)15/h6-7,11,17-18H,3-5,8-9,16H2,1-2H3. The first-order valence-corrected chi connectivity index (χ1v) is 6.96. The Kier molecular flexibility index (Phi) is 6.99. The number of aliphatic hydroxyl groups is 1. The smallest absolute Gasteiger partial charge is 0.126 e. The highest BCUT2D eigenvalue weighted by Gasteiger charge is 2.09. The molecule has 1 aromatic rings. The summed E-state index contributed by atoms with van der Waals surface area (Å²) in [6, 6.07) is 3.61. The molecular weight excluding hydrogens is 264 g/mol. The fraction of sp³-hybridized carbons (Fsp3) is 0.571. The molecule has 1 aromatic carbocycles. The maximum atomic E-state index is 9.20. The number of methoxy groups -OCH3 is 1. The summed E-state index contributed by atoms with van der Waals surface area (Å²) in [5.74, 6) is 0.622. The average molecular weight is 287 g/mol. The monoisotopic (exact) mass is 286 g/mol. The Morgan fingerprint density at radius 1 is 1.47 bits per heavy atom. The lowest BCUT2D eigenvalue weighted by Gasteiger charge is -2.16. The highest BCUT2D eigenvalue weighted by molar-refractivity contribution is 6.33. The van der Waals surface area contributed by atoms with Gasteiger partial charge >= 0.3 is 0 Å². The quantitative estimate of drug-likeness (QED) is 0.687. The van der Waals surface area contributed by atoms with Gasteiger partial charge in [0.25, 0.3) is 0 Å². The third-order valence-corrected chi connectivity index (χ3v) is 3.34. The SMILES string of the molecule is CCCCC(N)CNc1cc(OC)c(CO)cc1Cl. The molecule has 0 bridgehead atoms. The van der Waals surface area contributed by atoms with Crippen molar-refractivity contribution < 1.29 is 9.84 Å². The second kappa shape index (κ2) is 8.25. The predicted octanol–water partition coefficient (Wildman–Crippen LogP) is 2.77. The molecule has 0 fully saturated rings. The summed E-state index contributed by atoms with van der Waals surface area (Å²) >= 11 is 6.15. The van der Waals surface area contributed by atoms with Crippen LogP contribution in [0, 0.1) is 0 Å². The van der Waals surface area contributed by atoms with Gasteiger partial charge in [0.2, 0.25) is 0 Å². The molecular formula is C14H23ClN2O2. The molecule has 0 amide bonds. The van der Waals surface area contributed by atoms with Crippen LogP contribution < -0.4 is 15.8 Å². The molecule has 19 heavy (non-hydrogen) atoms. The van der Waals surface area contributed by atoms with Crippen molar-refractivity contribution in [2.45, 2.75) is 38.8 Å². The van der Waals surface area contributed by atoms with Crippen LogP contribution in [-0.4, -0.2) is 24.8 Å². The lowest BCUT2D eigenvalue weighted by Crippen LogP contribution is -2.29. The van der Waals surface area contributed by atoms with Crippen LogP contribution in [0.25, 0.3) is 0 Å². The third-order valence-electron chi connectivity index (χ3n) is 3.02. The van der Waals surface area contributed by atoms with Crippen molar-refractivity contribution in [2.24, 2.45) is 5.73 Å². The van der Waals surface area contributed by atoms with Crippen molar-refractivity contribution >= 4 is 17.3 Å². The summed E-state index contributed by atoms with van der Waals surface area (Å²) in [5.41, 5.74) is 7.46. The maximum absolute atomic E-state index is 9.20. The van der Waals surface area contributed by atoms with E-state index >= 15 is 0 Å². The zero-order valence-corrected chi connectivity index (χ0v) is 12.3. The van der Waals surface area contributed by atoms with Gasteiger partial charge in [0.1, 0.15) is 5.75 Å². The van der Waals surface area contributed by atoms with E-state index in [0.717, 1.165) is 24.9 Å². The minimum absolute atomic E-state index is 0.0980. The Morgan fingerprint density at radius 3 is 2.79 bits per heavy atom. The number of hydrogen-bond acceptors (Lipinski definition) is 4. The number of halogens is 1. The third kappa shape index (κ3) is 4.90. The van der Waals surface area contributed by atoms with Crippen molar-refractivity contribution in [2.75, 3.05) is 19.0 Å². The molecule has 0 radical (unpaired) electrons. The molecule has 0 saturated carbocycles. The fourth-order valence-corrected chi connectivity index (χ4v) is 2.11.